The number of aromatic nitrogens is 2. The standard InChI is InChI=1S/C10H17N3O/c1-10(2,3)13-5-6-14-9-8(13)7-12(4)11-9/h7H,5-6H2,1-4H3. The first-order valence-corrected chi connectivity index (χ1v) is 4.92. The summed E-state index contributed by atoms with van der Waals surface area (Å²) in [6.07, 6.45) is 2.01. The Kier molecular flexibility index (Phi) is 1.94. The van der Waals surface area contributed by atoms with E-state index in [4.69, 9.17) is 4.74 Å². The molecule has 4 nitrogen and oxygen atoms in total. The zero-order valence-corrected chi connectivity index (χ0v) is 9.24. The highest BCUT2D eigenvalue weighted by Crippen LogP contribution is 2.34. The van der Waals surface area contributed by atoms with Crippen LogP contribution in [0, 0.1) is 0 Å². The molecular formula is C10H17N3O. The molecule has 14 heavy (non-hydrogen) atoms. The average Bonchev–Trinajstić information content (AvgIpc) is 2.41. The SMILES string of the molecule is Cn1cc2c(n1)OCCN2C(C)(C)C. The molecule has 2 heterocycles. The Bertz CT molecular complexity index is 338. The van der Waals surface area contributed by atoms with Crippen molar-refractivity contribution in [1.29, 1.82) is 0 Å². The minimum absolute atomic E-state index is 0.127. The van der Waals surface area contributed by atoms with Crippen LogP contribution in [0.4, 0.5) is 5.69 Å². The van der Waals surface area contributed by atoms with E-state index in [9.17, 15) is 0 Å². The van der Waals surface area contributed by atoms with E-state index in [0.29, 0.717) is 0 Å². The molecule has 1 aliphatic rings. The van der Waals surface area contributed by atoms with Crippen LogP contribution in [0.3, 0.4) is 0 Å². The van der Waals surface area contributed by atoms with Gasteiger partial charge in [-0.25, -0.2) is 0 Å². The summed E-state index contributed by atoms with van der Waals surface area (Å²) in [6.45, 7) is 8.27. The van der Waals surface area contributed by atoms with Gasteiger partial charge >= 0.3 is 0 Å². The molecule has 2 rings (SSSR count). The second-order valence-electron chi connectivity index (χ2n) is 4.66. The number of hydrogen-bond acceptors (Lipinski definition) is 3. The fourth-order valence-corrected chi connectivity index (χ4v) is 1.79. The quantitative estimate of drug-likeness (QED) is 0.627. The zero-order chi connectivity index (χ0) is 10.3. The van der Waals surface area contributed by atoms with Crippen LogP contribution in [-0.2, 0) is 7.05 Å². The summed E-state index contributed by atoms with van der Waals surface area (Å²) in [5.41, 5.74) is 1.23. The molecule has 0 saturated carbocycles. The molecule has 4 heteroatoms. The smallest absolute Gasteiger partial charge is 0.256 e. The number of nitrogens with zero attached hydrogens (tertiary/aromatic N) is 3. The zero-order valence-electron chi connectivity index (χ0n) is 9.24. The molecule has 0 aliphatic carbocycles. The first-order valence-electron chi connectivity index (χ1n) is 4.92. The molecule has 0 spiro atoms. The lowest BCUT2D eigenvalue weighted by molar-refractivity contribution is 0.278. The Balaban J connectivity index is 2.40. The van der Waals surface area contributed by atoms with Crippen molar-refractivity contribution in [2.75, 3.05) is 18.1 Å². The van der Waals surface area contributed by atoms with Gasteiger partial charge in [0.15, 0.2) is 0 Å². The number of hydrogen-bond donors (Lipinski definition) is 0. The van der Waals surface area contributed by atoms with Crippen molar-refractivity contribution in [3.05, 3.63) is 6.20 Å². The predicted octanol–water partition coefficient (Wildman–Crippen LogP) is 1.42. The van der Waals surface area contributed by atoms with Crippen molar-refractivity contribution in [2.45, 2.75) is 26.3 Å². The van der Waals surface area contributed by atoms with Crippen LogP contribution in [-0.4, -0.2) is 28.5 Å². The normalized spacial score (nSPS) is 16.4. The maximum Gasteiger partial charge on any atom is 0.256 e. The van der Waals surface area contributed by atoms with Crippen molar-refractivity contribution < 1.29 is 4.74 Å². The largest absolute Gasteiger partial charge is 0.473 e. The van der Waals surface area contributed by atoms with Gasteiger partial charge in [0, 0.05) is 12.6 Å². The Labute approximate surface area is 84.5 Å². The first-order chi connectivity index (χ1) is 6.48. The van der Waals surface area contributed by atoms with E-state index in [1.54, 1.807) is 4.68 Å². The van der Waals surface area contributed by atoms with Crippen LogP contribution in [0.1, 0.15) is 20.8 Å². The summed E-state index contributed by atoms with van der Waals surface area (Å²) >= 11 is 0. The fraction of sp³-hybridized carbons (Fsp3) is 0.700. The summed E-state index contributed by atoms with van der Waals surface area (Å²) in [7, 11) is 1.92. The molecule has 0 saturated heterocycles. The highest BCUT2D eigenvalue weighted by atomic mass is 16.5. The number of ether oxygens (including phenoxy) is 1. The topological polar surface area (TPSA) is 30.3 Å². The van der Waals surface area contributed by atoms with Gasteiger partial charge in [0.1, 0.15) is 12.3 Å². The van der Waals surface area contributed by atoms with E-state index in [1.165, 1.54) is 0 Å². The first kappa shape index (κ1) is 9.37. The summed E-state index contributed by atoms with van der Waals surface area (Å²) in [4.78, 5) is 2.33. The molecule has 1 aromatic rings. The average molecular weight is 195 g/mol. The molecule has 0 atom stereocenters. The Morgan fingerprint density at radius 2 is 2.14 bits per heavy atom. The van der Waals surface area contributed by atoms with Gasteiger partial charge in [-0.05, 0) is 20.8 Å². The second-order valence-corrected chi connectivity index (χ2v) is 4.66. The van der Waals surface area contributed by atoms with Gasteiger partial charge in [0.2, 0.25) is 0 Å². The van der Waals surface area contributed by atoms with Crippen molar-refractivity contribution in [3.8, 4) is 5.88 Å². The minimum Gasteiger partial charge on any atom is -0.473 e. The van der Waals surface area contributed by atoms with Crippen molar-refractivity contribution in [3.63, 3.8) is 0 Å². The van der Waals surface area contributed by atoms with E-state index < -0.39 is 0 Å². The van der Waals surface area contributed by atoms with Crippen LogP contribution in [0.2, 0.25) is 0 Å². The van der Waals surface area contributed by atoms with E-state index in [-0.39, 0.29) is 5.54 Å². The molecular weight excluding hydrogens is 178 g/mol. The third kappa shape index (κ3) is 1.45. The van der Waals surface area contributed by atoms with Gasteiger partial charge in [0.25, 0.3) is 5.88 Å². The summed E-state index contributed by atoms with van der Waals surface area (Å²) in [6, 6.07) is 0. The lowest BCUT2D eigenvalue weighted by Gasteiger charge is -2.39. The second kappa shape index (κ2) is 2.90. The van der Waals surface area contributed by atoms with Crippen molar-refractivity contribution >= 4 is 5.69 Å². The molecule has 0 radical (unpaired) electrons. The van der Waals surface area contributed by atoms with E-state index >= 15 is 0 Å². The highest BCUT2D eigenvalue weighted by molar-refractivity contribution is 5.57. The molecule has 1 aliphatic heterocycles. The lowest BCUT2D eigenvalue weighted by Crippen LogP contribution is -2.45. The van der Waals surface area contributed by atoms with Gasteiger partial charge in [0.05, 0.1) is 12.7 Å². The Morgan fingerprint density at radius 1 is 1.43 bits per heavy atom. The number of rotatable bonds is 0. The molecule has 0 unspecified atom stereocenters. The van der Waals surface area contributed by atoms with E-state index in [1.807, 2.05) is 13.2 Å². The monoisotopic (exact) mass is 195 g/mol. The molecule has 78 valence electrons. The summed E-state index contributed by atoms with van der Waals surface area (Å²) in [5, 5.41) is 4.27. The van der Waals surface area contributed by atoms with Crippen molar-refractivity contribution in [1.82, 2.24) is 9.78 Å². The minimum atomic E-state index is 0.127. The van der Waals surface area contributed by atoms with Crippen LogP contribution in [0.25, 0.3) is 0 Å². The molecule has 0 bridgehead atoms. The van der Waals surface area contributed by atoms with E-state index in [0.717, 1.165) is 24.7 Å². The van der Waals surface area contributed by atoms with Gasteiger partial charge in [-0.1, -0.05) is 0 Å². The van der Waals surface area contributed by atoms with Gasteiger partial charge in [-0.3, -0.25) is 4.68 Å². The Morgan fingerprint density at radius 3 is 2.79 bits per heavy atom. The fourth-order valence-electron chi connectivity index (χ4n) is 1.79. The predicted molar refractivity (Wildman–Crippen MR) is 55.8 cm³/mol. The Hall–Kier alpha value is -1.19. The summed E-state index contributed by atoms with van der Waals surface area (Å²) < 4.78 is 7.30. The van der Waals surface area contributed by atoms with Crippen molar-refractivity contribution in [2.24, 2.45) is 7.05 Å². The third-order valence-electron chi connectivity index (χ3n) is 2.43. The van der Waals surface area contributed by atoms with Gasteiger partial charge < -0.3 is 9.64 Å². The maximum absolute atomic E-state index is 5.50. The van der Waals surface area contributed by atoms with Gasteiger partial charge in [-0.15, -0.1) is 5.10 Å². The third-order valence-corrected chi connectivity index (χ3v) is 2.43. The van der Waals surface area contributed by atoms with Gasteiger partial charge in [-0.2, -0.15) is 0 Å². The molecule has 0 aromatic carbocycles. The van der Waals surface area contributed by atoms with Crippen LogP contribution < -0.4 is 9.64 Å². The highest BCUT2D eigenvalue weighted by Gasteiger charge is 2.29. The van der Waals surface area contributed by atoms with Crippen LogP contribution in [0.5, 0.6) is 5.88 Å². The van der Waals surface area contributed by atoms with E-state index in [2.05, 4.69) is 30.8 Å². The van der Waals surface area contributed by atoms with Crippen LogP contribution >= 0.6 is 0 Å². The molecule has 0 amide bonds. The molecule has 0 N–H and O–H groups in total. The molecule has 1 aromatic heterocycles. The number of anilines is 1. The lowest BCUT2D eigenvalue weighted by atomic mass is 10.1. The van der Waals surface area contributed by atoms with Crippen LogP contribution in [0.15, 0.2) is 6.20 Å². The molecule has 0 fully saturated rings. The number of aryl methyl sites for hydroxylation is 1. The summed E-state index contributed by atoms with van der Waals surface area (Å²) in [5.74, 6) is 0.758. The number of fused-ring (bicyclic) bond motifs is 1. The maximum atomic E-state index is 5.50.